The topological polar surface area (TPSA) is 106 Å². The summed E-state index contributed by atoms with van der Waals surface area (Å²) in [5.74, 6) is 0.635. The number of hydrogen-bond donors (Lipinski definition) is 1. The van der Waals surface area contributed by atoms with Crippen molar-refractivity contribution in [1.29, 1.82) is 0 Å². The Morgan fingerprint density at radius 2 is 1.81 bits per heavy atom. The van der Waals surface area contributed by atoms with E-state index in [1.165, 1.54) is 4.31 Å². The van der Waals surface area contributed by atoms with Crippen molar-refractivity contribution in [3.63, 3.8) is 0 Å². The molecule has 0 saturated carbocycles. The normalized spacial score (nSPS) is 14.9. The minimum absolute atomic E-state index is 0.0776. The fourth-order valence-corrected chi connectivity index (χ4v) is 4.78. The lowest BCUT2D eigenvalue weighted by Gasteiger charge is -2.26. The average Bonchev–Trinajstić information content (AvgIpc) is 3.38. The van der Waals surface area contributed by atoms with Crippen LogP contribution in [-0.2, 0) is 32.5 Å². The lowest BCUT2D eigenvalue weighted by atomic mass is 10.1. The predicted molar refractivity (Wildman–Crippen MR) is 118 cm³/mol. The standard InChI is InChI=1S/C22H25N5O4S/c28-22(24-17-19-4-8-21(23-16-19)27-11-1-10-25-27)9-5-18-2-6-20(7-3-18)32(29,30)26-12-14-31-15-13-26/h1-4,6-8,10-11,16H,5,9,12-15,17H2,(H,24,28). The predicted octanol–water partition coefficient (Wildman–Crippen LogP) is 1.54. The molecule has 3 heterocycles. The van der Waals surface area contributed by atoms with Crippen LogP contribution in [0, 0.1) is 0 Å². The van der Waals surface area contributed by atoms with E-state index in [2.05, 4.69) is 15.4 Å². The van der Waals surface area contributed by atoms with Crippen LogP contribution in [0.25, 0.3) is 5.82 Å². The Kier molecular flexibility index (Phi) is 6.93. The fourth-order valence-electron chi connectivity index (χ4n) is 3.37. The van der Waals surface area contributed by atoms with Crippen molar-refractivity contribution in [2.45, 2.75) is 24.3 Å². The Morgan fingerprint density at radius 1 is 1.06 bits per heavy atom. The van der Waals surface area contributed by atoms with Crippen LogP contribution in [0.2, 0.25) is 0 Å². The van der Waals surface area contributed by atoms with Gasteiger partial charge in [-0.25, -0.2) is 18.1 Å². The summed E-state index contributed by atoms with van der Waals surface area (Å²) in [5, 5.41) is 7.02. The van der Waals surface area contributed by atoms with Gasteiger partial charge in [-0.1, -0.05) is 18.2 Å². The van der Waals surface area contributed by atoms with Crippen molar-refractivity contribution >= 4 is 15.9 Å². The highest BCUT2D eigenvalue weighted by Gasteiger charge is 2.26. The quantitative estimate of drug-likeness (QED) is 0.552. The molecule has 0 unspecified atom stereocenters. The molecule has 1 N–H and O–H groups in total. The number of hydrogen-bond acceptors (Lipinski definition) is 6. The van der Waals surface area contributed by atoms with Gasteiger partial charge in [-0.05, 0) is 41.8 Å². The van der Waals surface area contributed by atoms with Gasteiger partial charge in [0.2, 0.25) is 15.9 Å². The number of aromatic nitrogens is 3. The second-order valence-corrected chi connectivity index (χ2v) is 9.35. The highest BCUT2D eigenvalue weighted by molar-refractivity contribution is 7.89. The van der Waals surface area contributed by atoms with E-state index in [1.54, 1.807) is 41.3 Å². The molecule has 0 radical (unpaired) electrons. The Bertz CT molecular complexity index is 1120. The number of ether oxygens (including phenoxy) is 1. The van der Waals surface area contributed by atoms with E-state index in [-0.39, 0.29) is 10.8 Å². The summed E-state index contributed by atoms with van der Waals surface area (Å²) in [7, 11) is -3.50. The smallest absolute Gasteiger partial charge is 0.243 e. The van der Waals surface area contributed by atoms with Gasteiger partial charge in [-0.3, -0.25) is 4.79 Å². The number of nitrogens with zero attached hydrogens (tertiary/aromatic N) is 4. The van der Waals surface area contributed by atoms with E-state index in [0.29, 0.717) is 51.5 Å². The zero-order chi connectivity index (χ0) is 22.4. The van der Waals surface area contributed by atoms with Crippen LogP contribution in [-0.4, -0.2) is 59.7 Å². The van der Waals surface area contributed by atoms with E-state index in [4.69, 9.17) is 4.74 Å². The summed E-state index contributed by atoms with van der Waals surface area (Å²) < 4.78 is 33.7. The number of rotatable bonds is 8. The molecule has 168 valence electrons. The molecule has 1 amide bonds. The largest absolute Gasteiger partial charge is 0.379 e. The van der Waals surface area contributed by atoms with Crippen LogP contribution in [0.15, 0.2) is 66.0 Å². The SMILES string of the molecule is O=C(CCc1ccc(S(=O)(=O)N2CCOCC2)cc1)NCc1ccc(-n2cccn2)nc1. The third-order valence-electron chi connectivity index (χ3n) is 5.21. The third kappa shape index (κ3) is 5.39. The summed E-state index contributed by atoms with van der Waals surface area (Å²) in [6, 6.07) is 12.3. The van der Waals surface area contributed by atoms with Gasteiger partial charge in [0.15, 0.2) is 5.82 Å². The summed E-state index contributed by atoms with van der Waals surface area (Å²) >= 11 is 0. The molecule has 1 aliphatic heterocycles. The fraction of sp³-hybridized carbons (Fsp3) is 0.318. The minimum Gasteiger partial charge on any atom is -0.379 e. The van der Waals surface area contributed by atoms with Crippen molar-refractivity contribution in [3.05, 3.63) is 72.2 Å². The van der Waals surface area contributed by atoms with Crippen molar-refractivity contribution in [2.24, 2.45) is 0 Å². The van der Waals surface area contributed by atoms with Gasteiger partial charge in [0.1, 0.15) is 0 Å². The maximum atomic E-state index is 12.7. The molecule has 0 atom stereocenters. The number of benzene rings is 1. The first kappa shape index (κ1) is 22.1. The molecule has 1 aliphatic rings. The first-order valence-corrected chi connectivity index (χ1v) is 11.8. The van der Waals surface area contributed by atoms with Crippen LogP contribution in [0.4, 0.5) is 0 Å². The lowest BCUT2D eigenvalue weighted by molar-refractivity contribution is -0.121. The summed E-state index contributed by atoms with van der Waals surface area (Å²) in [4.78, 5) is 16.8. The third-order valence-corrected chi connectivity index (χ3v) is 7.12. The maximum Gasteiger partial charge on any atom is 0.243 e. The van der Waals surface area contributed by atoms with Gasteiger partial charge in [-0.15, -0.1) is 0 Å². The number of morpholine rings is 1. The van der Waals surface area contributed by atoms with E-state index in [1.807, 2.05) is 24.4 Å². The van der Waals surface area contributed by atoms with Crippen molar-refractivity contribution in [3.8, 4) is 5.82 Å². The molecule has 0 spiro atoms. The van der Waals surface area contributed by atoms with Gasteiger partial charge in [0.25, 0.3) is 0 Å². The Morgan fingerprint density at radius 3 is 2.47 bits per heavy atom. The molecule has 32 heavy (non-hydrogen) atoms. The van der Waals surface area contributed by atoms with Gasteiger partial charge in [0.05, 0.1) is 18.1 Å². The highest BCUT2D eigenvalue weighted by Crippen LogP contribution is 2.18. The molecular weight excluding hydrogens is 430 g/mol. The monoisotopic (exact) mass is 455 g/mol. The molecule has 4 rings (SSSR count). The first-order valence-electron chi connectivity index (χ1n) is 10.4. The molecule has 1 fully saturated rings. The molecule has 10 heteroatoms. The Labute approximate surface area is 187 Å². The number of nitrogens with one attached hydrogen (secondary N) is 1. The molecule has 9 nitrogen and oxygen atoms in total. The first-order chi connectivity index (χ1) is 15.5. The van der Waals surface area contributed by atoms with Crippen molar-refractivity contribution in [1.82, 2.24) is 24.4 Å². The molecule has 3 aromatic rings. The number of carbonyl (C=O) groups is 1. The van der Waals surface area contributed by atoms with Gasteiger partial charge in [-0.2, -0.15) is 9.40 Å². The summed E-state index contributed by atoms with van der Waals surface area (Å²) in [6.45, 7) is 1.95. The van der Waals surface area contributed by atoms with Crippen LogP contribution >= 0.6 is 0 Å². The number of aryl methyl sites for hydroxylation is 1. The van der Waals surface area contributed by atoms with Gasteiger partial charge >= 0.3 is 0 Å². The van der Waals surface area contributed by atoms with E-state index in [9.17, 15) is 13.2 Å². The molecule has 0 aliphatic carbocycles. The van der Waals surface area contributed by atoms with Crippen LogP contribution in [0.1, 0.15) is 17.5 Å². The van der Waals surface area contributed by atoms with Crippen LogP contribution in [0.3, 0.4) is 0 Å². The van der Waals surface area contributed by atoms with Crippen molar-refractivity contribution in [2.75, 3.05) is 26.3 Å². The van der Waals surface area contributed by atoms with E-state index >= 15 is 0 Å². The summed E-state index contributed by atoms with van der Waals surface area (Å²) in [5.41, 5.74) is 1.80. The average molecular weight is 456 g/mol. The second-order valence-electron chi connectivity index (χ2n) is 7.41. The Hall–Kier alpha value is -3.08. The van der Waals surface area contributed by atoms with E-state index in [0.717, 1.165) is 11.1 Å². The van der Waals surface area contributed by atoms with Gasteiger partial charge < -0.3 is 10.1 Å². The zero-order valence-electron chi connectivity index (χ0n) is 17.6. The number of sulfonamides is 1. The number of amides is 1. The number of carbonyl (C=O) groups excluding carboxylic acids is 1. The minimum atomic E-state index is -3.50. The molecule has 1 aromatic carbocycles. The molecule has 1 saturated heterocycles. The summed E-state index contributed by atoms with van der Waals surface area (Å²) in [6.07, 6.45) is 6.06. The Balaban J connectivity index is 1.25. The zero-order valence-corrected chi connectivity index (χ0v) is 18.4. The maximum absolute atomic E-state index is 12.7. The van der Waals surface area contributed by atoms with Gasteiger partial charge in [0, 0.05) is 44.6 Å². The molecule has 0 bridgehead atoms. The van der Waals surface area contributed by atoms with Crippen LogP contribution in [0.5, 0.6) is 0 Å². The second kappa shape index (κ2) is 10.0. The molecular formula is C22H25N5O4S. The van der Waals surface area contributed by atoms with Crippen molar-refractivity contribution < 1.29 is 17.9 Å². The highest BCUT2D eigenvalue weighted by atomic mass is 32.2. The van der Waals surface area contributed by atoms with E-state index < -0.39 is 10.0 Å². The number of pyridine rings is 1. The van der Waals surface area contributed by atoms with Crippen LogP contribution < -0.4 is 5.32 Å². The molecule has 2 aromatic heterocycles. The lowest BCUT2D eigenvalue weighted by Crippen LogP contribution is -2.40.